The summed E-state index contributed by atoms with van der Waals surface area (Å²) >= 11 is 0. The first-order chi connectivity index (χ1) is 14.0. The molecule has 1 aromatic heterocycles. The third-order valence-corrected chi connectivity index (χ3v) is 5.57. The number of rotatable bonds is 4. The van der Waals surface area contributed by atoms with Gasteiger partial charge in [0.1, 0.15) is 11.3 Å². The number of carbonyl (C=O) groups is 1. The van der Waals surface area contributed by atoms with Gasteiger partial charge in [0.25, 0.3) is 0 Å². The van der Waals surface area contributed by atoms with Crippen molar-refractivity contribution >= 4 is 11.7 Å². The number of allylic oxidation sites excluding steroid dienone is 4. The van der Waals surface area contributed by atoms with Crippen molar-refractivity contribution in [3.63, 3.8) is 0 Å². The molecule has 2 heterocycles. The lowest BCUT2D eigenvalue weighted by Crippen LogP contribution is -2.42. The predicted molar refractivity (Wildman–Crippen MR) is 118 cm³/mol. The molecule has 6 nitrogen and oxygen atoms in total. The van der Waals surface area contributed by atoms with Gasteiger partial charge in [-0.05, 0) is 23.0 Å². The van der Waals surface area contributed by atoms with E-state index in [4.69, 9.17) is 4.74 Å². The number of aromatic nitrogens is 1. The van der Waals surface area contributed by atoms with E-state index >= 15 is 0 Å². The molecule has 2 aliphatic rings. The van der Waals surface area contributed by atoms with Gasteiger partial charge in [0.2, 0.25) is 0 Å². The highest BCUT2D eigenvalue weighted by molar-refractivity contribution is 5.87. The van der Waals surface area contributed by atoms with Crippen molar-refractivity contribution in [3.05, 3.63) is 63.3 Å². The fraction of sp³-hybridized carbons (Fsp3) is 0.500. The molecule has 162 valence electrons. The van der Waals surface area contributed by atoms with Gasteiger partial charge in [0.05, 0.1) is 24.0 Å². The van der Waals surface area contributed by atoms with Crippen LogP contribution < -0.4 is 5.43 Å². The first-order valence-electron chi connectivity index (χ1n) is 10.4. The molecule has 0 amide bonds. The van der Waals surface area contributed by atoms with E-state index in [2.05, 4.69) is 39.5 Å². The van der Waals surface area contributed by atoms with E-state index in [0.717, 1.165) is 29.3 Å². The van der Waals surface area contributed by atoms with Crippen molar-refractivity contribution in [2.45, 2.75) is 47.1 Å². The van der Waals surface area contributed by atoms with Crippen LogP contribution in [0.25, 0.3) is 5.70 Å². The van der Waals surface area contributed by atoms with Gasteiger partial charge in [-0.2, -0.15) is 0 Å². The SMILES string of the molecule is CC(C)COC1=CC=C/C(=C2\c3cc(=O)c(C(=O)O)cn3C(C(C)(C)C)CN2C)C1. The average Bonchev–Trinajstić information content (AvgIpc) is 2.64. The third-order valence-electron chi connectivity index (χ3n) is 5.57. The molecular formula is C24H32N2O4. The second kappa shape index (κ2) is 8.17. The lowest BCUT2D eigenvalue weighted by molar-refractivity contribution is 0.0693. The van der Waals surface area contributed by atoms with Crippen molar-refractivity contribution in [1.29, 1.82) is 0 Å². The van der Waals surface area contributed by atoms with Gasteiger partial charge in [0.15, 0.2) is 5.43 Å². The van der Waals surface area contributed by atoms with Gasteiger partial charge < -0.3 is 19.3 Å². The van der Waals surface area contributed by atoms with E-state index in [9.17, 15) is 14.7 Å². The molecule has 0 fully saturated rings. The maximum absolute atomic E-state index is 12.6. The summed E-state index contributed by atoms with van der Waals surface area (Å²) in [4.78, 5) is 26.4. The molecule has 0 radical (unpaired) electrons. The summed E-state index contributed by atoms with van der Waals surface area (Å²) in [6.07, 6.45) is 8.15. The van der Waals surface area contributed by atoms with Gasteiger partial charge in [-0.25, -0.2) is 4.79 Å². The van der Waals surface area contributed by atoms with Crippen molar-refractivity contribution < 1.29 is 14.6 Å². The highest BCUT2D eigenvalue weighted by Gasteiger charge is 2.36. The highest BCUT2D eigenvalue weighted by Crippen LogP contribution is 2.41. The standard InChI is InChI=1S/C24H32N2O4/c1-15(2)14-30-17-9-7-8-16(10-17)22-19-11-20(27)18(23(28)29)12-26(19)21(13-25(22)6)24(3,4)5/h7-9,11-12,15,21H,10,13-14H2,1-6H3,(H,28,29)/b22-16-. The molecule has 1 N–H and O–H groups in total. The second-order valence-electron chi connectivity index (χ2n) is 9.66. The summed E-state index contributed by atoms with van der Waals surface area (Å²) in [5, 5.41) is 9.49. The molecule has 6 heteroatoms. The zero-order chi connectivity index (χ0) is 22.2. The molecule has 1 aliphatic heterocycles. The Bertz CT molecular complexity index is 989. The van der Waals surface area contributed by atoms with Crippen LogP contribution in [0.1, 0.15) is 63.1 Å². The van der Waals surface area contributed by atoms with Crippen LogP contribution in [0.2, 0.25) is 0 Å². The second-order valence-corrected chi connectivity index (χ2v) is 9.66. The third kappa shape index (κ3) is 4.37. The number of ether oxygens (including phenoxy) is 1. The van der Waals surface area contributed by atoms with E-state index in [1.165, 1.54) is 12.3 Å². The van der Waals surface area contributed by atoms with Gasteiger partial charge in [0, 0.05) is 32.3 Å². The zero-order valence-electron chi connectivity index (χ0n) is 18.7. The van der Waals surface area contributed by atoms with E-state index < -0.39 is 11.4 Å². The Hall–Kier alpha value is -2.76. The Labute approximate surface area is 178 Å². The fourth-order valence-electron chi connectivity index (χ4n) is 4.01. The molecule has 30 heavy (non-hydrogen) atoms. The normalized spacial score (nSPS) is 21.5. The van der Waals surface area contributed by atoms with E-state index in [1.54, 1.807) is 0 Å². The summed E-state index contributed by atoms with van der Waals surface area (Å²) in [5.41, 5.74) is 1.98. The van der Waals surface area contributed by atoms with E-state index in [0.29, 0.717) is 18.9 Å². The smallest absolute Gasteiger partial charge is 0.341 e. The molecule has 0 saturated carbocycles. The molecule has 1 atom stereocenters. The predicted octanol–water partition coefficient (Wildman–Crippen LogP) is 4.31. The van der Waals surface area contributed by atoms with Gasteiger partial charge >= 0.3 is 5.97 Å². The maximum Gasteiger partial charge on any atom is 0.341 e. The molecular weight excluding hydrogens is 380 g/mol. The number of likely N-dealkylation sites (N-methyl/N-ethyl adjacent to an activating group) is 1. The molecule has 0 spiro atoms. The monoisotopic (exact) mass is 412 g/mol. The summed E-state index contributed by atoms with van der Waals surface area (Å²) in [5.74, 6) is 0.142. The molecule has 1 unspecified atom stereocenters. The number of pyridine rings is 1. The number of hydrogen-bond donors (Lipinski definition) is 1. The quantitative estimate of drug-likeness (QED) is 0.798. The fourth-order valence-corrected chi connectivity index (χ4v) is 4.01. The summed E-state index contributed by atoms with van der Waals surface area (Å²) < 4.78 is 7.93. The average molecular weight is 413 g/mol. The van der Waals surface area contributed by atoms with Crippen molar-refractivity contribution in [2.75, 3.05) is 20.2 Å². The summed E-state index contributed by atoms with van der Waals surface area (Å²) in [7, 11) is 2.03. The summed E-state index contributed by atoms with van der Waals surface area (Å²) in [6, 6.07) is 1.50. The van der Waals surface area contributed by atoms with Crippen LogP contribution in [-0.4, -0.2) is 40.7 Å². The number of carboxylic acids is 1. The van der Waals surface area contributed by atoms with Crippen LogP contribution >= 0.6 is 0 Å². The first kappa shape index (κ1) is 21.9. The number of aromatic carboxylic acids is 1. The highest BCUT2D eigenvalue weighted by atomic mass is 16.5. The van der Waals surface area contributed by atoms with Crippen LogP contribution in [0.3, 0.4) is 0 Å². The van der Waals surface area contributed by atoms with Crippen molar-refractivity contribution in [1.82, 2.24) is 9.47 Å². The number of carboxylic acid groups (broad SMARTS) is 1. The Morgan fingerprint density at radius 3 is 2.63 bits per heavy atom. The molecule has 1 aliphatic carbocycles. The topological polar surface area (TPSA) is 71.8 Å². The van der Waals surface area contributed by atoms with Crippen molar-refractivity contribution in [3.8, 4) is 0 Å². The molecule has 0 aromatic carbocycles. The minimum Gasteiger partial charge on any atom is -0.497 e. The van der Waals surface area contributed by atoms with Gasteiger partial charge in [-0.1, -0.05) is 46.8 Å². The van der Waals surface area contributed by atoms with E-state index in [1.807, 2.05) is 29.8 Å². The van der Waals surface area contributed by atoms with Gasteiger partial charge in [-0.3, -0.25) is 4.79 Å². The maximum atomic E-state index is 12.6. The molecule has 0 saturated heterocycles. The zero-order valence-corrected chi connectivity index (χ0v) is 18.7. The van der Waals surface area contributed by atoms with Gasteiger partial charge in [-0.15, -0.1) is 0 Å². The number of fused-ring (bicyclic) bond motifs is 1. The Kier molecular flexibility index (Phi) is 5.97. The summed E-state index contributed by atoms with van der Waals surface area (Å²) in [6.45, 7) is 12.0. The van der Waals surface area contributed by atoms with Crippen LogP contribution in [-0.2, 0) is 4.74 Å². The minimum absolute atomic E-state index is 0.0281. The molecule has 1 aromatic rings. The molecule has 0 bridgehead atoms. The first-order valence-corrected chi connectivity index (χ1v) is 10.4. The van der Waals surface area contributed by atoms with Crippen LogP contribution in [0, 0.1) is 11.3 Å². The minimum atomic E-state index is -1.19. The Morgan fingerprint density at radius 1 is 1.33 bits per heavy atom. The van der Waals surface area contributed by atoms with Crippen molar-refractivity contribution in [2.24, 2.45) is 11.3 Å². The lowest BCUT2D eigenvalue weighted by Gasteiger charge is -2.44. The van der Waals surface area contributed by atoms with E-state index in [-0.39, 0.29) is 17.0 Å². The van der Waals surface area contributed by atoms with Crippen LogP contribution in [0.5, 0.6) is 0 Å². The number of nitrogens with zero attached hydrogens (tertiary/aromatic N) is 2. The number of hydrogen-bond acceptors (Lipinski definition) is 4. The molecule has 3 rings (SSSR count). The van der Waals surface area contributed by atoms with Crippen LogP contribution in [0.15, 0.2) is 46.6 Å². The largest absolute Gasteiger partial charge is 0.497 e. The lowest BCUT2D eigenvalue weighted by atomic mass is 9.83. The Morgan fingerprint density at radius 2 is 2.03 bits per heavy atom. The van der Waals surface area contributed by atoms with Crippen LogP contribution in [0.4, 0.5) is 0 Å². The Balaban J connectivity index is 2.14.